The van der Waals surface area contributed by atoms with Gasteiger partial charge in [-0.15, -0.1) is 10.2 Å². The number of H-pyrrole nitrogens is 1. The van der Waals surface area contributed by atoms with E-state index in [1.807, 2.05) is 10.6 Å². The molecule has 0 radical (unpaired) electrons. The molecule has 1 fully saturated rings. The molecule has 34 heavy (non-hydrogen) atoms. The number of hydrogen-bond acceptors (Lipinski definition) is 4. The van der Waals surface area contributed by atoms with Gasteiger partial charge in [0.2, 0.25) is 0 Å². The topological polar surface area (TPSA) is 59.0 Å². The molecule has 2 aromatic heterocycles. The Balaban J connectivity index is 1.10. The average Bonchev–Trinajstić information content (AvgIpc) is 3.55. The van der Waals surface area contributed by atoms with E-state index in [1.54, 1.807) is 19.8 Å². The molecule has 178 valence electrons. The monoisotopic (exact) mass is 457 g/mol. The summed E-state index contributed by atoms with van der Waals surface area (Å²) in [6, 6.07) is 14.9. The summed E-state index contributed by atoms with van der Waals surface area (Å²) >= 11 is 0. The highest BCUT2D eigenvalue weighted by atomic mass is 16.5. The van der Waals surface area contributed by atoms with Crippen LogP contribution < -0.4 is 4.74 Å². The standard InChI is InChI=1S/C28H35N5O/c1-21(25-8-3-4-9-28(25)34-2)18-32-14-12-22(13-15-32)6-5-7-23-17-29-27-11-10-24(16-26(23)27)33-19-30-31-20-33/h3-4,8-11,16-17,19-22,29H,5-7,12-15,18H2,1-2H3. The lowest BCUT2D eigenvalue weighted by Crippen LogP contribution is -2.36. The number of likely N-dealkylation sites (tertiary alicyclic amines) is 1. The lowest BCUT2D eigenvalue weighted by atomic mass is 9.90. The van der Waals surface area contributed by atoms with Crippen molar-refractivity contribution in [2.75, 3.05) is 26.7 Å². The van der Waals surface area contributed by atoms with Gasteiger partial charge in [-0.2, -0.15) is 0 Å². The Bertz CT molecular complexity index is 1190. The summed E-state index contributed by atoms with van der Waals surface area (Å²) in [6.07, 6.45) is 12.0. The van der Waals surface area contributed by atoms with Gasteiger partial charge in [-0.25, -0.2) is 0 Å². The lowest BCUT2D eigenvalue weighted by molar-refractivity contribution is 0.170. The second-order valence-electron chi connectivity index (χ2n) is 9.69. The molecule has 5 rings (SSSR count). The average molecular weight is 458 g/mol. The van der Waals surface area contributed by atoms with E-state index in [0.29, 0.717) is 5.92 Å². The molecule has 0 saturated carbocycles. The fraction of sp³-hybridized carbons (Fsp3) is 0.429. The van der Waals surface area contributed by atoms with E-state index in [-0.39, 0.29) is 0 Å². The molecule has 3 heterocycles. The van der Waals surface area contributed by atoms with Crippen molar-refractivity contribution in [1.82, 2.24) is 24.6 Å². The zero-order valence-electron chi connectivity index (χ0n) is 20.3. The molecule has 6 heteroatoms. The first-order valence-electron chi connectivity index (χ1n) is 12.5. The van der Waals surface area contributed by atoms with Gasteiger partial charge in [-0.3, -0.25) is 4.57 Å². The Morgan fingerprint density at radius 2 is 1.88 bits per heavy atom. The maximum atomic E-state index is 5.57. The highest BCUT2D eigenvalue weighted by molar-refractivity contribution is 5.85. The zero-order valence-corrected chi connectivity index (χ0v) is 20.3. The van der Waals surface area contributed by atoms with Crippen molar-refractivity contribution in [3.05, 3.63) is 72.4 Å². The van der Waals surface area contributed by atoms with Gasteiger partial charge in [0.05, 0.1) is 7.11 Å². The normalized spacial score (nSPS) is 16.2. The molecule has 0 aliphatic carbocycles. The number of hydrogen-bond donors (Lipinski definition) is 1. The van der Waals surface area contributed by atoms with Crippen LogP contribution in [0.25, 0.3) is 16.6 Å². The molecule has 1 aliphatic rings. The Morgan fingerprint density at radius 1 is 1.09 bits per heavy atom. The van der Waals surface area contributed by atoms with Gasteiger partial charge in [0, 0.05) is 29.3 Å². The second kappa shape index (κ2) is 10.4. The van der Waals surface area contributed by atoms with Gasteiger partial charge in [0.15, 0.2) is 0 Å². The van der Waals surface area contributed by atoms with E-state index in [1.165, 1.54) is 60.8 Å². The van der Waals surface area contributed by atoms with Crippen LogP contribution in [0.2, 0.25) is 0 Å². The van der Waals surface area contributed by atoms with Crippen molar-refractivity contribution in [1.29, 1.82) is 0 Å². The molecular formula is C28H35N5O. The van der Waals surface area contributed by atoms with Crippen molar-refractivity contribution in [3.63, 3.8) is 0 Å². The number of ether oxygens (including phenoxy) is 1. The van der Waals surface area contributed by atoms with E-state index in [2.05, 4.69) is 69.6 Å². The third kappa shape index (κ3) is 5.02. The van der Waals surface area contributed by atoms with Crippen molar-refractivity contribution >= 4 is 10.9 Å². The van der Waals surface area contributed by atoms with Crippen molar-refractivity contribution in [2.45, 2.75) is 44.9 Å². The van der Waals surface area contributed by atoms with Crippen LogP contribution in [-0.2, 0) is 6.42 Å². The van der Waals surface area contributed by atoms with Crippen LogP contribution in [0, 0.1) is 5.92 Å². The maximum absolute atomic E-state index is 5.57. The number of piperidine rings is 1. The molecule has 0 spiro atoms. The van der Waals surface area contributed by atoms with Gasteiger partial charge in [-0.05, 0) is 86.0 Å². The zero-order chi connectivity index (χ0) is 23.3. The SMILES string of the molecule is COc1ccccc1C(C)CN1CCC(CCCc2c[nH]c3ccc(-n4cnnc4)cc23)CC1. The molecule has 6 nitrogen and oxygen atoms in total. The van der Waals surface area contributed by atoms with Gasteiger partial charge in [0.1, 0.15) is 18.4 Å². The Kier molecular flexibility index (Phi) is 6.95. The number of nitrogens with one attached hydrogen (secondary N) is 1. The Morgan fingerprint density at radius 3 is 2.68 bits per heavy atom. The fourth-order valence-corrected chi connectivity index (χ4v) is 5.47. The Labute approximate surface area is 202 Å². The van der Waals surface area contributed by atoms with Crippen LogP contribution in [0.4, 0.5) is 0 Å². The summed E-state index contributed by atoms with van der Waals surface area (Å²) in [5.74, 6) is 2.34. The molecule has 1 aliphatic heterocycles. The van der Waals surface area contributed by atoms with Crippen LogP contribution in [-0.4, -0.2) is 51.4 Å². The molecule has 0 amide bonds. The summed E-state index contributed by atoms with van der Waals surface area (Å²) in [5.41, 5.74) is 5.03. The number of para-hydroxylation sites is 1. The van der Waals surface area contributed by atoms with Gasteiger partial charge < -0.3 is 14.6 Å². The first-order chi connectivity index (χ1) is 16.7. The summed E-state index contributed by atoms with van der Waals surface area (Å²) in [5, 5.41) is 9.17. The highest BCUT2D eigenvalue weighted by Crippen LogP contribution is 2.30. The quantitative estimate of drug-likeness (QED) is 0.356. The molecule has 2 aromatic carbocycles. The summed E-state index contributed by atoms with van der Waals surface area (Å²) < 4.78 is 7.53. The number of nitrogens with zero attached hydrogens (tertiary/aromatic N) is 4. The molecule has 4 aromatic rings. The summed E-state index contributed by atoms with van der Waals surface area (Å²) in [7, 11) is 1.77. The summed E-state index contributed by atoms with van der Waals surface area (Å²) in [4.78, 5) is 6.08. The smallest absolute Gasteiger partial charge is 0.123 e. The minimum atomic E-state index is 0.484. The molecule has 0 bridgehead atoms. The van der Waals surface area contributed by atoms with Gasteiger partial charge in [0.25, 0.3) is 0 Å². The largest absolute Gasteiger partial charge is 0.496 e. The van der Waals surface area contributed by atoms with E-state index < -0.39 is 0 Å². The minimum Gasteiger partial charge on any atom is -0.496 e. The molecule has 1 saturated heterocycles. The van der Waals surface area contributed by atoms with Crippen molar-refractivity contribution in [3.8, 4) is 11.4 Å². The number of aromatic nitrogens is 4. The Hall–Kier alpha value is -3.12. The van der Waals surface area contributed by atoms with E-state index in [4.69, 9.17) is 4.74 Å². The van der Waals surface area contributed by atoms with Crippen LogP contribution in [0.3, 0.4) is 0 Å². The minimum absolute atomic E-state index is 0.484. The molecular weight excluding hydrogens is 422 g/mol. The summed E-state index contributed by atoms with van der Waals surface area (Å²) in [6.45, 7) is 5.84. The second-order valence-corrected chi connectivity index (χ2v) is 9.69. The van der Waals surface area contributed by atoms with Crippen LogP contribution in [0.15, 0.2) is 61.3 Å². The predicted octanol–water partition coefficient (Wildman–Crippen LogP) is 5.60. The number of methoxy groups -OCH3 is 1. The number of aryl methyl sites for hydroxylation is 1. The number of aromatic amines is 1. The molecule has 1 unspecified atom stereocenters. The third-order valence-corrected chi connectivity index (χ3v) is 7.44. The number of fused-ring (bicyclic) bond motifs is 1. The van der Waals surface area contributed by atoms with E-state index in [9.17, 15) is 0 Å². The fourth-order valence-electron chi connectivity index (χ4n) is 5.47. The molecule has 1 atom stereocenters. The van der Waals surface area contributed by atoms with Crippen LogP contribution in [0.1, 0.15) is 49.7 Å². The molecule has 1 N–H and O–H groups in total. The first kappa shape index (κ1) is 22.7. The van der Waals surface area contributed by atoms with Gasteiger partial charge >= 0.3 is 0 Å². The highest BCUT2D eigenvalue weighted by Gasteiger charge is 2.22. The van der Waals surface area contributed by atoms with Crippen molar-refractivity contribution in [2.24, 2.45) is 5.92 Å². The first-order valence-corrected chi connectivity index (χ1v) is 12.5. The number of rotatable bonds is 9. The van der Waals surface area contributed by atoms with Gasteiger partial charge in [-0.1, -0.05) is 31.5 Å². The number of benzene rings is 2. The predicted molar refractivity (Wildman–Crippen MR) is 137 cm³/mol. The maximum Gasteiger partial charge on any atom is 0.123 e. The van der Waals surface area contributed by atoms with Crippen LogP contribution in [0.5, 0.6) is 5.75 Å². The lowest BCUT2D eigenvalue weighted by Gasteiger charge is -2.34. The van der Waals surface area contributed by atoms with E-state index in [0.717, 1.165) is 30.3 Å². The van der Waals surface area contributed by atoms with E-state index >= 15 is 0 Å². The third-order valence-electron chi connectivity index (χ3n) is 7.44. The van der Waals surface area contributed by atoms with Crippen molar-refractivity contribution < 1.29 is 4.74 Å². The van der Waals surface area contributed by atoms with Crippen LogP contribution >= 0.6 is 0 Å².